The van der Waals surface area contributed by atoms with Crippen LogP contribution in [-0.2, 0) is 4.79 Å². The van der Waals surface area contributed by atoms with Crippen molar-refractivity contribution in [3.05, 3.63) is 18.2 Å². The molecule has 5 heteroatoms. The van der Waals surface area contributed by atoms with E-state index in [0.717, 1.165) is 25.2 Å². The van der Waals surface area contributed by atoms with Crippen molar-refractivity contribution in [2.24, 2.45) is 5.92 Å². The summed E-state index contributed by atoms with van der Waals surface area (Å²) in [6.45, 7) is 4.41. The van der Waals surface area contributed by atoms with Gasteiger partial charge in [0.25, 0.3) is 0 Å². The lowest BCUT2D eigenvalue weighted by Crippen LogP contribution is -2.18. The smallest absolute Gasteiger partial charge is 0.224 e. The molecule has 1 atom stereocenters. The van der Waals surface area contributed by atoms with Gasteiger partial charge >= 0.3 is 0 Å². The van der Waals surface area contributed by atoms with Gasteiger partial charge in [-0.25, -0.2) is 0 Å². The standard InChI is InChI=1S/C15H22N2O3/c1-3-20-14-9-12(4-5-13(14)19-2)17-15(18)8-11-6-7-16-10-11/h4-5,9,11,16H,3,6-8,10H2,1-2H3,(H,17,18). The molecule has 1 aromatic carbocycles. The number of anilines is 1. The molecule has 2 N–H and O–H groups in total. The third-order valence-electron chi connectivity index (χ3n) is 3.38. The molecule has 1 unspecified atom stereocenters. The van der Waals surface area contributed by atoms with Crippen molar-refractivity contribution in [2.75, 3.05) is 32.1 Å². The summed E-state index contributed by atoms with van der Waals surface area (Å²) in [6.07, 6.45) is 1.63. The normalized spacial score (nSPS) is 17.8. The van der Waals surface area contributed by atoms with Gasteiger partial charge in [0.15, 0.2) is 11.5 Å². The summed E-state index contributed by atoms with van der Waals surface area (Å²) in [7, 11) is 1.60. The third kappa shape index (κ3) is 3.87. The Labute approximate surface area is 119 Å². The van der Waals surface area contributed by atoms with Crippen LogP contribution in [0.25, 0.3) is 0 Å². The summed E-state index contributed by atoms with van der Waals surface area (Å²) >= 11 is 0. The first kappa shape index (κ1) is 14.7. The van der Waals surface area contributed by atoms with Crippen molar-refractivity contribution >= 4 is 11.6 Å². The van der Waals surface area contributed by atoms with Crippen LogP contribution in [0.5, 0.6) is 11.5 Å². The van der Waals surface area contributed by atoms with Crippen LogP contribution in [0.4, 0.5) is 5.69 Å². The molecule has 1 saturated heterocycles. The summed E-state index contributed by atoms with van der Waals surface area (Å²) < 4.78 is 10.7. The predicted octanol–water partition coefficient (Wildman–Crippen LogP) is 2.03. The molecule has 1 aliphatic rings. The summed E-state index contributed by atoms with van der Waals surface area (Å²) in [5.74, 6) is 1.81. The molecule has 20 heavy (non-hydrogen) atoms. The Balaban J connectivity index is 1.97. The van der Waals surface area contributed by atoms with Gasteiger partial charge < -0.3 is 20.1 Å². The maximum absolute atomic E-state index is 12.0. The second-order valence-electron chi connectivity index (χ2n) is 4.91. The van der Waals surface area contributed by atoms with Crippen LogP contribution >= 0.6 is 0 Å². The fourth-order valence-corrected chi connectivity index (χ4v) is 2.39. The van der Waals surface area contributed by atoms with Crippen molar-refractivity contribution in [3.8, 4) is 11.5 Å². The Morgan fingerprint density at radius 1 is 1.45 bits per heavy atom. The second-order valence-corrected chi connectivity index (χ2v) is 4.91. The molecule has 1 aliphatic heterocycles. The van der Waals surface area contributed by atoms with Gasteiger partial charge in [-0.15, -0.1) is 0 Å². The number of rotatable bonds is 6. The van der Waals surface area contributed by atoms with E-state index in [1.807, 2.05) is 13.0 Å². The molecule has 5 nitrogen and oxygen atoms in total. The molecular weight excluding hydrogens is 256 g/mol. The SMILES string of the molecule is CCOc1cc(NC(=O)CC2CCNC2)ccc1OC. The second kappa shape index (κ2) is 7.14. The number of carbonyl (C=O) groups is 1. The molecule has 2 rings (SSSR count). The molecule has 0 aromatic heterocycles. The maximum Gasteiger partial charge on any atom is 0.224 e. The molecule has 1 amide bonds. The molecule has 0 radical (unpaired) electrons. The van der Waals surface area contributed by atoms with E-state index < -0.39 is 0 Å². The van der Waals surface area contributed by atoms with Crippen molar-refractivity contribution in [3.63, 3.8) is 0 Å². The molecule has 1 aromatic rings. The summed E-state index contributed by atoms with van der Waals surface area (Å²) in [5.41, 5.74) is 0.741. The first-order valence-electron chi connectivity index (χ1n) is 7.04. The highest BCUT2D eigenvalue weighted by Gasteiger charge is 2.18. The number of hydrogen-bond acceptors (Lipinski definition) is 4. The van der Waals surface area contributed by atoms with E-state index in [2.05, 4.69) is 10.6 Å². The topological polar surface area (TPSA) is 59.6 Å². The number of ether oxygens (including phenoxy) is 2. The Bertz CT molecular complexity index is 456. The highest BCUT2D eigenvalue weighted by molar-refractivity contribution is 5.91. The quantitative estimate of drug-likeness (QED) is 0.836. The lowest BCUT2D eigenvalue weighted by Gasteiger charge is -2.13. The van der Waals surface area contributed by atoms with Gasteiger partial charge in [0.1, 0.15) is 0 Å². The van der Waals surface area contributed by atoms with Gasteiger partial charge in [0, 0.05) is 18.2 Å². The number of benzene rings is 1. The van der Waals surface area contributed by atoms with Crippen LogP contribution in [0.1, 0.15) is 19.8 Å². The average Bonchev–Trinajstić information content (AvgIpc) is 2.92. The summed E-state index contributed by atoms with van der Waals surface area (Å²) in [4.78, 5) is 12.0. The number of methoxy groups -OCH3 is 1. The van der Waals surface area contributed by atoms with E-state index >= 15 is 0 Å². The Hall–Kier alpha value is -1.75. The number of carbonyl (C=O) groups excluding carboxylic acids is 1. The van der Waals surface area contributed by atoms with E-state index in [-0.39, 0.29) is 5.91 Å². The number of hydrogen-bond donors (Lipinski definition) is 2. The van der Waals surface area contributed by atoms with E-state index in [1.165, 1.54) is 0 Å². The van der Waals surface area contributed by atoms with Crippen molar-refractivity contribution in [1.82, 2.24) is 5.32 Å². The minimum atomic E-state index is 0.0475. The van der Waals surface area contributed by atoms with Crippen molar-refractivity contribution < 1.29 is 14.3 Å². The van der Waals surface area contributed by atoms with E-state index in [9.17, 15) is 4.79 Å². The fraction of sp³-hybridized carbons (Fsp3) is 0.533. The number of amides is 1. The van der Waals surface area contributed by atoms with E-state index in [1.54, 1.807) is 19.2 Å². The van der Waals surface area contributed by atoms with Gasteiger partial charge in [0.05, 0.1) is 13.7 Å². The Morgan fingerprint density at radius 3 is 2.95 bits per heavy atom. The van der Waals surface area contributed by atoms with Gasteiger partial charge in [-0.2, -0.15) is 0 Å². The molecule has 0 spiro atoms. The zero-order valence-corrected chi connectivity index (χ0v) is 12.1. The lowest BCUT2D eigenvalue weighted by atomic mass is 10.0. The van der Waals surface area contributed by atoms with Crippen LogP contribution in [-0.4, -0.2) is 32.7 Å². The third-order valence-corrected chi connectivity index (χ3v) is 3.38. The first-order chi connectivity index (χ1) is 9.72. The van der Waals surface area contributed by atoms with Crippen LogP contribution in [0, 0.1) is 5.92 Å². The van der Waals surface area contributed by atoms with Crippen LogP contribution < -0.4 is 20.1 Å². The molecule has 110 valence electrons. The minimum Gasteiger partial charge on any atom is -0.493 e. The Kier molecular flexibility index (Phi) is 5.24. The molecule has 1 heterocycles. The highest BCUT2D eigenvalue weighted by atomic mass is 16.5. The highest BCUT2D eigenvalue weighted by Crippen LogP contribution is 2.30. The zero-order chi connectivity index (χ0) is 14.4. The monoisotopic (exact) mass is 278 g/mol. The van der Waals surface area contributed by atoms with E-state index in [0.29, 0.717) is 30.4 Å². The largest absolute Gasteiger partial charge is 0.493 e. The molecule has 0 bridgehead atoms. The van der Waals surface area contributed by atoms with Crippen LogP contribution in [0.3, 0.4) is 0 Å². The molecule has 0 aliphatic carbocycles. The molecule has 1 fully saturated rings. The predicted molar refractivity (Wildman–Crippen MR) is 78.4 cm³/mol. The average molecular weight is 278 g/mol. The van der Waals surface area contributed by atoms with Gasteiger partial charge in [-0.1, -0.05) is 0 Å². The summed E-state index contributed by atoms with van der Waals surface area (Å²) in [6, 6.07) is 5.43. The van der Waals surface area contributed by atoms with E-state index in [4.69, 9.17) is 9.47 Å². The first-order valence-corrected chi connectivity index (χ1v) is 7.04. The molecule has 0 saturated carbocycles. The zero-order valence-electron chi connectivity index (χ0n) is 12.1. The Morgan fingerprint density at radius 2 is 2.30 bits per heavy atom. The minimum absolute atomic E-state index is 0.0475. The van der Waals surface area contributed by atoms with Crippen molar-refractivity contribution in [1.29, 1.82) is 0 Å². The number of nitrogens with one attached hydrogen (secondary N) is 2. The van der Waals surface area contributed by atoms with Gasteiger partial charge in [-0.05, 0) is 44.5 Å². The van der Waals surface area contributed by atoms with Crippen LogP contribution in [0.2, 0.25) is 0 Å². The van der Waals surface area contributed by atoms with Crippen molar-refractivity contribution in [2.45, 2.75) is 19.8 Å². The summed E-state index contributed by atoms with van der Waals surface area (Å²) in [5, 5.41) is 6.18. The lowest BCUT2D eigenvalue weighted by molar-refractivity contribution is -0.116. The fourth-order valence-electron chi connectivity index (χ4n) is 2.39. The van der Waals surface area contributed by atoms with Gasteiger partial charge in [-0.3, -0.25) is 4.79 Å². The van der Waals surface area contributed by atoms with Gasteiger partial charge in [0.2, 0.25) is 5.91 Å². The molecular formula is C15H22N2O3. The maximum atomic E-state index is 12.0. The van der Waals surface area contributed by atoms with Crippen LogP contribution in [0.15, 0.2) is 18.2 Å².